The van der Waals surface area contributed by atoms with Crippen LogP contribution >= 0.6 is 38.8 Å². The summed E-state index contributed by atoms with van der Waals surface area (Å²) in [6, 6.07) is 64.6. The van der Waals surface area contributed by atoms with Crippen LogP contribution in [0.15, 0.2) is 194 Å². The van der Waals surface area contributed by atoms with Gasteiger partial charge in [-0.1, -0.05) is 246 Å². The molecule has 4 aliphatic heterocycles. The second-order valence-electron chi connectivity index (χ2n) is 38.3. The molecule has 0 unspecified atom stereocenters. The summed E-state index contributed by atoms with van der Waals surface area (Å²) in [6.07, 6.45) is 32.3. The maximum atomic E-state index is 6.19. The zero-order valence-corrected chi connectivity index (χ0v) is 81.8. The van der Waals surface area contributed by atoms with Crippen molar-refractivity contribution in [3.05, 3.63) is 298 Å². The van der Waals surface area contributed by atoms with E-state index in [0.717, 1.165) is 59.6 Å². The Hall–Kier alpha value is -5.41. The molecule has 4 heterocycles. The van der Waals surface area contributed by atoms with Gasteiger partial charge in [-0.25, -0.2) is 26.2 Å². The Morgan fingerprint density at radius 3 is 0.729 bits per heavy atom. The summed E-state index contributed by atoms with van der Waals surface area (Å²) in [5.41, 5.74) is 30.0. The number of hydrogen-bond donors (Lipinski definition) is 0. The van der Waals surface area contributed by atoms with Crippen LogP contribution in [-0.4, -0.2) is 30.4 Å². The Balaban J connectivity index is 0.000000139. The number of para-hydroxylation sites is 4. The van der Waals surface area contributed by atoms with Crippen molar-refractivity contribution in [2.75, 3.05) is 19.6 Å². The molecule has 16 rings (SSSR count). The average molecular weight is 1840 g/mol. The minimum absolute atomic E-state index is 0.207. The molecule has 0 radical (unpaired) electrons. The van der Waals surface area contributed by atoms with Crippen molar-refractivity contribution in [3.63, 3.8) is 0 Å². The zero-order valence-electron chi connectivity index (χ0n) is 75.3. The summed E-state index contributed by atoms with van der Waals surface area (Å²) in [7, 11) is 24.8. The Kier molecular flexibility index (Phi) is 31.7. The molecule has 0 N–H and O–H groups in total. The summed E-state index contributed by atoms with van der Waals surface area (Å²) < 4.78 is 2.25. The zero-order chi connectivity index (χ0) is 85.2. The first-order valence-corrected chi connectivity index (χ1v) is 55.4. The fraction of sp³-hybridized carbons (Fsp3) is 0.463. The number of fused-ring (bicyclic) bond motifs is 2. The van der Waals surface area contributed by atoms with E-state index in [4.69, 9.17) is 38.8 Å². The molecule has 2 saturated carbocycles. The molecule has 4 nitrogen and oxygen atoms in total. The quantitative estimate of drug-likeness (QED) is 0.0795. The van der Waals surface area contributed by atoms with E-state index in [9.17, 15) is 0 Å². The molecule has 0 aromatic heterocycles. The standard InChI is InChI=1S/2C21H32N.2C18H28N.2C15H10.4ClH.2Ru/c2*1-5-17-11-10-12-18(6-2)19(17)22-16-21(15-20(22,3)4)13-8-7-9-14-21;2*1-7-14-10-9-11-15(8-2)16(14)19-13-17(3,4)12-18(19,5)6;2*1-2-6-12(7-3-1)15-11-10-13-8-4-5-9-14(13)15;;;;;;/h2*10-12,16H,5-9,13-15H2,1-4H3;2*9-11,13H,7-8,12H2,1-6H3;2*1-9,11H;4*1H;;/q4*-1;;;;;;;2*+2/p-4. The molecular formula is C108H140Cl4N4Ru2-4. The number of anilines is 4. The van der Waals surface area contributed by atoms with Crippen molar-refractivity contribution in [2.45, 2.75) is 302 Å². The van der Waals surface area contributed by atoms with Gasteiger partial charge in [0, 0.05) is 44.9 Å². The molecule has 640 valence electrons. The Morgan fingerprint density at radius 1 is 0.271 bits per heavy atom. The number of halogens is 4. The van der Waals surface area contributed by atoms with Crippen LogP contribution in [0.5, 0.6) is 0 Å². The number of benzene rings is 8. The van der Waals surface area contributed by atoms with Gasteiger partial charge in [-0.2, -0.15) is 0 Å². The van der Waals surface area contributed by atoms with E-state index in [1.165, 1.54) is 202 Å². The number of hydrogen-bond acceptors (Lipinski definition) is 4. The molecule has 10 heteroatoms. The Labute approximate surface area is 742 Å². The molecule has 8 aromatic rings. The normalized spacial score (nSPS) is 19.7. The molecule has 4 saturated heterocycles. The molecule has 0 bridgehead atoms. The predicted octanol–water partition coefficient (Wildman–Crippen LogP) is 31.0. The van der Waals surface area contributed by atoms with Crippen LogP contribution in [0.2, 0.25) is 0 Å². The van der Waals surface area contributed by atoms with Gasteiger partial charge in [-0.05, 0) is 151 Å². The number of aryl methyl sites for hydroxylation is 8. The Bertz CT molecular complexity index is 4450. The molecule has 8 aromatic carbocycles. The predicted molar refractivity (Wildman–Crippen MR) is 513 cm³/mol. The number of rotatable bonds is 14. The first-order valence-electron chi connectivity index (χ1n) is 44.7. The molecule has 6 fully saturated rings. The fourth-order valence-electron chi connectivity index (χ4n) is 21.4. The van der Waals surface area contributed by atoms with Crippen LogP contribution in [0, 0.1) is 47.8 Å². The third kappa shape index (κ3) is 21.5. The van der Waals surface area contributed by atoms with E-state index in [-0.39, 0.29) is 33.0 Å². The topological polar surface area (TPSA) is 13.0 Å². The van der Waals surface area contributed by atoms with Crippen LogP contribution in [0.25, 0.3) is 11.1 Å². The van der Waals surface area contributed by atoms with Gasteiger partial charge in [0.05, 0.1) is 0 Å². The van der Waals surface area contributed by atoms with E-state index in [0.29, 0.717) is 10.8 Å². The van der Waals surface area contributed by atoms with Crippen LogP contribution in [-0.2, 0) is 78.4 Å². The van der Waals surface area contributed by atoms with Gasteiger partial charge in [0.25, 0.3) is 0 Å². The Morgan fingerprint density at radius 2 is 0.500 bits per heavy atom. The van der Waals surface area contributed by atoms with Crippen LogP contribution in [0.4, 0.5) is 22.7 Å². The van der Waals surface area contributed by atoms with Gasteiger partial charge in [0.2, 0.25) is 0 Å². The van der Waals surface area contributed by atoms with E-state index in [1.54, 1.807) is 0 Å². The SMILES string of the molecule is CCc1cccc(CC)c1N1[CH-]C(C)(C)CC1(C)C.CCc1cccc(CC)c1N1[CH-]C(C)(C)CC1(C)C.CCc1cccc(CC)c1N1[CH-]C2(CCCCC2)CC1(C)C.CCc1cccc(CC)c1N1[CH-]C2(CCCCC2)CC1(C)C.[Cl][Ru]([Cl])=[C]1C=C(c2ccccc2)c2ccccc21.[Cl][Ru]([Cl])=[C]1C=C(c2ccccc2)c2ccccc21. The van der Waals surface area contributed by atoms with E-state index < -0.39 is 27.0 Å². The van der Waals surface area contributed by atoms with Crippen molar-refractivity contribution < 1.29 is 27.0 Å². The minimum atomic E-state index is -1.88. The summed E-state index contributed by atoms with van der Waals surface area (Å²) in [5, 5.41) is 0. The van der Waals surface area contributed by atoms with Gasteiger partial charge in [-0.3, -0.25) is 0 Å². The third-order valence-electron chi connectivity index (χ3n) is 26.2. The van der Waals surface area contributed by atoms with Gasteiger partial charge >= 0.3 is 240 Å². The van der Waals surface area contributed by atoms with Crippen LogP contribution in [0.3, 0.4) is 0 Å². The molecule has 0 amide bonds. The summed E-state index contributed by atoms with van der Waals surface area (Å²) in [5.74, 6) is 0. The first-order chi connectivity index (χ1) is 56.2. The van der Waals surface area contributed by atoms with Gasteiger partial charge in [0.15, 0.2) is 0 Å². The van der Waals surface area contributed by atoms with Gasteiger partial charge in [0.1, 0.15) is 0 Å². The van der Waals surface area contributed by atoms with Crippen molar-refractivity contribution in [3.8, 4) is 0 Å². The second-order valence-corrected chi connectivity index (χ2v) is 49.9. The third-order valence-corrected chi connectivity index (χ3v) is 32.4. The van der Waals surface area contributed by atoms with E-state index in [2.05, 4.69) is 330 Å². The van der Waals surface area contributed by atoms with Gasteiger partial charge in [-0.15, -0.1) is 21.7 Å². The van der Waals surface area contributed by atoms with Crippen molar-refractivity contribution in [1.82, 2.24) is 0 Å². The second kappa shape index (κ2) is 40.1. The maximum absolute atomic E-state index is 6.19. The first kappa shape index (κ1) is 93.3. The molecule has 118 heavy (non-hydrogen) atoms. The fourth-order valence-corrected chi connectivity index (χ4v) is 26.4. The van der Waals surface area contributed by atoms with Crippen molar-refractivity contribution >= 4 is 80.9 Å². The molecule has 0 atom stereocenters. The molecule has 2 spiro atoms. The monoisotopic (exact) mass is 1840 g/mol. The van der Waals surface area contributed by atoms with Crippen molar-refractivity contribution in [2.24, 2.45) is 21.7 Å². The van der Waals surface area contributed by atoms with Crippen LogP contribution < -0.4 is 19.6 Å². The van der Waals surface area contributed by atoms with Crippen LogP contribution in [0.1, 0.15) is 306 Å². The summed E-state index contributed by atoms with van der Waals surface area (Å²) >= 11 is -3.76. The van der Waals surface area contributed by atoms with Crippen molar-refractivity contribution in [1.29, 1.82) is 0 Å². The average Bonchev–Trinajstić information content (AvgIpc) is 1.63. The number of allylic oxidation sites excluding steroid dienone is 2. The molecule has 4 aliphatic carbocycles. The van der Waals surface area contributed by atoms with E-state index >= 15 is 0 Å². The molecule has 8 aliphatic rings. The summed E-state index contributed by atoms with van der Waals surface area (Å²) in [6.45, 7) is 57.0. The van der Waals surface area contributed by atoms with Gasteiger partial charge < -0.3 is 19.6 Å². The van der Waals surface area contributed by atoms with E-state index in [1.807, 2.05) is 48.5 Å². The molecular weight excluding hydrogens is 1700 g/mol. The number of nitrogens with zero attached hydrogens (tertiary/aromatic N) is 4. The summed E-state index contributed by atoms with van der Waals surface area (Å²) in [4.78, 5) is 10.4.